The summed E-state index contributed by atoms with van der Waals surface area (Å²) < 4.78 is 21.0. The Bertz CT molecular complexity index is 406. The first kappa shape index (κ1) is 19.0. The van der Waals surface area contributed by atoms with Crippen molar-refractivity contribution >= 4 is 5.97 Å². The Morgan fingerprint density at radius 1 is 1.36 bits per heavy atom. The van der Waals surface area contributed by atoms with Crippen molar-refractivity contribution in [1.82, 2.24) is 0 Å². The first-order chi connectivity index (χ1) is 10.1. The maximum atomic E-state index is 11.5. The molecule has 0 bridgehead atoms. The molecule has 0 aromatic heterocycles. The van der Waals surface area contributed by atoms with Crippen LogP contribution in [0.5, 0.6) is 0 Å². The number of ether oxygens (including phenoxy) is 4. The van der Waals surface area contributed by atoms with Gasteiger partial charge >= 0.3 is 5.97 Å². The van der Waals surface area contributed by atoms with Crippen molar-refractivity contribution in [2.45, 2.75) is 57.2 Å². The van der Waals surface area contributed by atoms with Crippen LogP contribution < -0.4 is 5.73 Å². The summed E-state index contributed by atoms with van der Waals surface area (Å²) >= 11 is 0. The largest absolute Gasteiger partial charge is 0.459 e. The van der Waals surface area contributed by atoms with E-state index in [0.29, 0.717) is 0 Å². The predicted octanol–water partition coefficient (Wildman–Crippen LogP) is -0.721. The van der Waals surface area contributed by atoms with Gasteiger partial charge in [0.15, 0.2) is 6.29 Å². The number of aliphatic hydroxyl groups is 2. The second-order valence-electron chi connectivity index (χ2n) is 5.82. The number of hydrogen-bond donors (Lipinski definition) is 3. The van der Waals surface area contributed by atoms with Crippen molar-refractivity contribution in [2.24, 2.45) is 5.73 Å². The van der Waals surface area contributed by atoms with Crippen LogP contribution in [0.15, 0.2) is 12.2 Å². The number of rotatable bonds is 6. The van der Waals surface area contributed by atoms with E-state index >= 15 is 0 Å². The van der Waals surface area contributed by atoms with E-state index in [9.17, 15) is 15.0 Å². The van der Waals surface area contributed by atoms with Crippen molar-refractivity contribution in [1.29, 1.82) is 0 Å². The summed E-state index contributed by atoms with van der Waals surface area (Å²) in [5.41, 5.74) is 4.88. The molecule has 0 saturated carbocycles. The Balaban J connectivity index is 2.79. The highest BCUT2D eigenvalue weighted by molar-refractivity contribution is 5.86. The third kappa shape index (κ3) is 5.01. The zero-order valence-electron chi connectivity index (χ0n) is 13.3. The molecular weight excluding hydrogens is 294 g/mol. The van der Waals surface area contributed by atoms with E-state index in [2.05, 4.69) is 6.58 Å². The molecule has 22 heavy (non-hydrogen) atoms. The van der Waals surface area contributed by atoms with Crippen LogP contribution in [0.25, 0.3) is 0 Å². The molecule has 0 aliphatic carbocycles. The number of hydrogen-bond acceptors (Lipinski definition) is 8. The first-order valence-electron chi connectivity index (χ1n) is 6.90. The van der Waals surface area contributed by atoms with Gasteiger partial charge in [-0.1, -0.05) is 6.58 Å². The van der Waals surface area contributed by atoms with Crippen molar-refractivity contribution in [3.05, 3.63) is 12.2 Å². The highest BCUT2D eigenvalue weighted by Gasteiger charge is 2.47. The van der Waals surface area contributed by atoms with Gasteiger partial charge in [0.25, 0.3) is 0 Å². The van der Waals surface area contributed by atoms with Gasteiger partial charge in [0.05, 0.1) is 0 Å². The molecule has 1 fully saturated rings. The minimum absolute atomic E-state index is 0.182. The second-order valence-corrected chi connectivity index (χ2v) is 5.82. The van der Waals surface area contributed by atoms with Gasteiger partial charge in [0.1, 0.15) is 36.7 Å². The average molecular weight is 319 g/mol. The van der Waals surface area contributed by atoms with Gasteiger partial charge in [-0.25, -0.2) is 4.79 Å². The number of methoxy groups -OCH3 is 1. The lowest BCUT2D eigenvalue weighted by Gasteiger charge is -2.43. The molecule has 0 radical (unpaired) electrons. The summed E-state index contributed by atoms with van der Waals surface area (Å²) in [6.07, 6.45) is -5.50. The van der Waals surface area contributed by atoms with Crippen LogP contribution in [0.4, 0.5) is 0 Å². The van der Waals surface area contributed by atoms with Crippen LogP contribution in [0.1, 0.15) is 20.8 Å². The van der Waals surface area contributed by atoms with E-state index in [0.717, 1.165) is 0 Å². The number of carbonyl (C=O) groups excluding carboxylic acids is 1. The lowest BCUT2D eigenvalue weighted by molar-refractivity contribution is -0.325. The third-order valence-electron chi connectivity index (χ3n) is 3.06. The van der Waals surface area contributed by atoms with E-state index in [4.69, 9.17) is 24.7 Å². The van der Waals surface area contributed by atoms with Crippen LogP contribution in [0.3, 0.4) is 0 Å². The van der Waals surface area contributed by atoms with Crippen molar-refractivity contribution < 1.29 is 34.0 Å². The Kier molecular flexibility index (Phi) is 6.48. The van der Waals surface area contributed by atoms with E-state index in [1.807, 2.05) is 0 Å². The van der Waals surface area contributed by atoms with Gasteiger partial charge < -0.3 is 34.9 Å². The molecule has 1 saturated heterocycles. The van der Waals surface area contributed by atoms with Gasteiger partial charge in [-0.05, 0) is 20.8 Å². The molecule has 128 valence electrons. The quantitative estimate of drug-likeness (QED) is 0.333. The molecule has 8 heteroatoms. The molecule has 5 atom stereocenters. The van der Waals surface area contributed by atoms with E-state index in [-0.39, 0.29) is 12.2 Å². The maximum absolute atomic E-state index is 11.5. The van der Waals surface area contributed by atoms with Crippen LogP contribution >= 0.6 is 0 Å². The number of esters is 1. The van der Waals surface area contributed by atoms with Gasteiger partial charge in [-0.15, -0.1) is 0 Å². The van der Waals surface area contributed by atoms with Gasteiger partial charge in [0, 0.05) is 12.7 Å². The first-order valence-corrected chi connectivity index (χ1v) is 6.90. The fraction of sp³-hybridized carbons (Fsp3) is 0.786. The van der Waals surface area contributed by atoms with Crippen molar-refractivity contribution in [3.8, 4) is 0 Å². The topological polar surface area (TPSA) is 120 Å². The summed E-state index contributed by atoms with van der Waals surface area (Å²) in [4.78, 5) is 11.5. The highest BCUT2D eigenvalue weighted by atomic mass is 16.7. The monoisotopic (exact) mass is 319 g/mol. The standard InChI is InChI=1S/C14H25NO7/c1-7(2)12(18)20-6-8-11(19-5)9(16)10(17)13(21-8)22-14(3,4)15/h8-11,13,16-17H,1,6,15H2,2-5H3. The van der Waals surface area contributed by atoms with Crippen LogP contribution in [0.2, 0.25) is 0 Å². The fourth-order valence-electron chi connectivity index (χ4n) is 2.01. The fourth-order valence-corrected chi connectivity index (χ4v) is 2.01. The Labute approximate surface area is 129 Å². The number of carbonyl (C=O) groups is 1. The molecule has 4 N–H and O–H groups in total. The van der Waals surface area contributed by atoms with Gasteiger partial charge in [-0.3, -0.25) is 0 Å². The minimum atomic E-state index is -1.35. The lowest BCUT2D eigenvalue weighted by Crippen LogP contribution is -2.61. The second kappa shape index (κ2) is 7.49. The average Bonchev–Trinajstić information content (AvgIpc) is 2.40. The smallest absolute Gasteiger partial charge is 0.333 e. The van der Waals surface area contributed by atoms with E-state index < -0.39 is 42.4 Å². The van der Waals surface area contributed by atoms with Crippen LogP contribution in [-0.4, -0.2) is 66.3 Å². The molecule has 0 aromatic rings. The SMILES string of the molecule is C=C(C)C(=O)OCC1OC(OC(C)(C)N)C(O)C(O)C1OC. The third-order valence-corrected chi connectivity index (χ3v) is 3.06. The molecule has 0 aromatic carbocycles. The summed E-state index contributed by atoms with van der Waals surface area (Å²) in [7, 11) is 1.35. The van der Waals surface area contributed by atoms with Crippen molar-refractivity contribution in [2.75, 3.05) is 13.7 Å². The minimum Gasteiger partial charge on any atom is -0.459 e. The summed E-state index contributed by atoms with van der Waals surface area (Å²) in [5.74, 6) is -0.587. The van der Waals surface area contributed by atoms with Crippen LogP contribution in [0, 0.1) is 0 Å². The molecule has 1 rings (SSSR count). The molecule has 1 aliphatic heterocycles. The Morgan fingerprint density at radius 2 is 1.95 bits per heavy atom. The Morgan fingerprint density at radius 3 is 2.41 bits per heavy atom. The summed E-state index contributed by atoms with van der Waals surface area (Å²) in [5, 5.41) is 20.1. The maximum Gasteiger partial charge on any atom is 0.333 e. The molecule has 1 aliphatic rings. The van der Waals surface area contributed by atoms with Gasteiger partial charge in [0.2, 0.25) is 0 Å². The molecule has 8 nitrogen and oxygen atoms in total. The molecular formula is C14H25NO7. The predicted molar refractivity (Wildman–Crippen MR) is 76.6 cm³/mol. The number of nitrogens with two attached hydrogens (primary N) is 1. The van der Waals surface area contributed by atoms with Crippen molar-refractivity contribution in [3.63, 3.8) is 0 Å². The zero-order valence-corrected chi connectivity index (χ0v) is 13.3. The molecule has 0 amide bonds. The molecule has 5 unspecified atom stereocenters. The van der Waals surface area contributed by atoms with Crippen LogP contribution in [-0.2, 0) is 23.7 Å². The highest BCUT2D eigenvalue weighted by Crippen LogP contribution is 2.26. The van der Waals surface area contributed by atoms with Gasteiger partial charge in [-0.2, -0.15) is 0 Å². The lowest BCUT2D eigenvalue weighted by atomic mass is 9.99. The zero-order chi connectivity index (χ0) is 17.1. The number of aliphatic hydroxyl groups excluding tert-OH is 2. The normalized spacial score (nSPS) is 32.6. The summed E-state index contributed by atoms with van der Waals surface area (Å²) in [6, 6.07) is 0. The molecule has 0 spiro atoms. The molecule has 1 heterocycles. The Hall–Kier alpha value is -1.03. The van der Waals surface area contributed by atoms with E-state index in [1.165, 1.54) is 14.0 Å². The summed E-state index contributed by atoms with van der Waals surface area (Å²) in [6.45, 7) is 7.96. The van der Waals surface area contributed by atoms with E-state index in [1.54, 1.807) is 13.8 Å².